The van der Waals surface area contributed by atoms with Gasteiger partial charge in [-0.3, -0.25) is 4.79 Å². The van der Waals surface area contributed by atoms with Crippen LogP contribution in [-0.4, -0.2) is 25.7 Å². The number of fused-ring (bicyclic) bond motifs is 1. The van der Waals surface area contributed by atoms with Crippen molar-refractivity contribution in [3.8, 4) is 11.5 Å². The summed E-state index contributed by atoms with van der Waals surface area (Å²) >= 11 is 0. The molecule has 0 bridgehead atoms. The third-order valence-electron chi connectivity index (χ3n) is 4.31. The first-order chi connectivity index (χ1) is 12.2. The number of hydrogen-bond donors (Lipinski definition) is 1. The first-order valence-corrected chi connectivity index (χ1v) is 8.52. The first-order valence-electron chi connectivity index (χ1n) is 8.52. The lowest BCUT2D eigenvalue weighted by molar-refractivity contribution is -0.118. The van der Waals surface area contributed by atoms with Gasteiger partial charge in [-0.15, -0.1) is 0 Å². The molecule has 25 heavy (non-hydrogen) atoms. The molecule has 0 saturated heterocycles. The molecule has 1 N–H and O–H groups in total. The first kappa shape index (κ1) is 17.1. The number of carbonyl (C=O) groups is 1. The van der Waals surface area contributed by atoms with E-state index < -0.39 is 0 Å². The number of rotatable bonds is 6. The highest BCUT2D eigenvalue weighted by molar-refractivity contribution is 5.99. The normalized spacial score (nSPS) is 13.9. The van der Waals surface area contributed by atoms with Crippen LogP contribution in [0.15, 0.2) is 54.1 Å². The molecule has 2 aromatic rings. The van der Waals surface area contributed by atoms with Gasteiger partial charge in [-0.1, -0.05) is 30.3 Å². The van der Waals surface area contributed by atoms with E-state index in [2.05, 4.69) is 17.4 Å². The Morgan fingerprint density at radius 3 is 2.80 bits per heavy atom. The SMILES string of the molecule is COc1ccc2c(c1)C=C(C(=O)NC(C)CCc1ccccc1)CO2. The second-order valence-electron chi connectivity index (χ2n) is 6.26. The molecule has 130 valence electrons. The zero-order valence-electron chi connectivity index (χ0n) is 14.6. The summed E-state index contributed by atoms with van der Waals surface area (Å²) in [4.78, 5) is 12.5. The molecule has 4 heteroatoms. The quantitative estimate of drug-likeness (QED) is 0.876. The van der Waals surface area contributed by atoms with Crippen molar-refractivity contribution in [2.24, 2.45) is 0 Å². The van der Waals surface area contributed by atoms with Crippen LogP contribution in [0.1, 0.15) is 24.5 Å². The zero-order chi connectivity index (χ0) is 17.6. The Kier molecular flexibility index (Phi) is 5.39. The van der Waals surface area contributed by atoms with E-state index in [4.69, 9.17) is 9.47 Å². The van der Waals surface area contributed by atoms with Gasteiger partial charge >= 0.3 is 0 Å². The van der Waals surface area contributed by atoms with E-state index in [1.54, 1.807) is 7.11 Å². The summed E-state index contributed by atoms with van der Waals surface area (Å²) in [5.74, 6) is 1.44. The number of benzene rings is 2. The minimum Gasteiger partial charge on any atom is -0.497 e. The fraction of sp³-hybridized carbons (Fsp3) is 0.286. The number of ether oxygens (including phenoxy) is 2. The lowest BCUT2D eigenvalue weighted by Crippen LogP contribution is -2.35. The van der Waals surface area contributed by atoms with Gasteiger partial charge in [0, 0.05) is 11.6 Å². The Hall–Kier alpha value is -2.75. The molecule has 1 heterocycles. The number of carbonyl (C=O) groups excluding carboxylic acids is 1. The third-order valence-corrected chi connectivity index (χ3v) is 4.31. The van der Waals surface area contributed by atoms with E-state index >= 15 is 0 Å². The van der Waals surface area contributed by atoms with Gasteiger partial charge < -0.3 is 14.8 Å². The third kappa shape index (κ3) is 4.41. The number of methoxy groups -OCH3 is 1. The topological polar surface area (TPSA) is 47.6 Å². The summed E-state index contributed by atoms with van der Waals surface area (Å²) in [6.07, 6.45) is 3.72. The van der Waals surface area contributed by atoms with Gasteiger partial charge in [0.25, 0.3) is 5.91 Å². The molecular formula is C21H23NO3. The largest absolute Gasteiger partial charge is 0.497 e. The Morgan fingerprint density at radius 2 is 2.04 bits per heavy atom. The van der Waals surface area contributed by atoms with Crippen LogP contribution in [0, 0.1) is 0 Å². The highest BCUT2D eigenvalue weighted by Crippen LogP contribution is 2.29. The number of amides is 1. The monoisotopic (exact) mass is 337 g/mol. The van der Waals surface area contributed by atoms with E-state index in [-0.39, 0.29) is 18.6 Å². The molecule has 0 fully saturated rings. The van der Waals surface area contributed by atoms with Crippen molar-refractivity contribution in [3.63, 3.8) is 0 Å². The molecule has 1 atom stereocenters. The number of hydrogen-bond acceptors (Lipinski definition) is 3. The van der Waals surface area contributed by atoms with Gasteiger partial charge in [0.2, 0.25) is 0 Å². The van der Waals surface area contributed by atoms with Crippen LogP contribution in [0.4, 0.5) is 0 Å². The van der Waals surface area contributed by atoms with Gasteiger partial charge in [0.05, 0.1) is 12.7 Å². The van der Waals surface area contributed by atoms with Crippen molar-refractivity contribution in [2.45, 2.75) is 25.8 Å². The second kappa shape index (κ2) is 7.88. The predicted molar refractivity (Wildman–Crippen MR) is 98.8 cm³/mol. The van der Waals surface area contributed by atoms with Gasteiger partial charge in [-0.05, 0) is 49.6 Å². The van der Waals surface area contributed by atoms with Gasteiger partial charge in [-0.2, -0.15) is 0 Å². The molecule has 0 saturated carbocycles. The summed E-state index contributed by atoms with van der Waals surface area (Å²) in [7, 11) is 1.62. The average Bonchev–Trinajstić information content (AvgIpc) is 2.66. The fourth-order valence-electron chi connectivity index (χ4n) is 2.83. The smallest absolute Gasteiger partial charge is 0.250 e. The molecule has 4 nitrogen and oxygen atoms in total. The maximum Gasteiger partial charge on any atom is 0.250 e. The van der Waals surface area contributed by atoms with Crippen LogP contribution in [0.3, 0.4) is 0 Å². The minimum absolute atomic E-state index is 0.0750. The predicted octanol–water partition coefficient (Wildman–Crippen LogP) is 3.61. The van der Waals surface area contributed by atoms with Crippen LogP contribution in [0.5, 0.6) is 11.5 Å². The summed E-state index contributed by atoms with van der Waals surface area (Å²) in [5.41, 5.74) is 2.78. The van der Waals surface area contributed by atoms with E-state index in [9.17, 15) is 4.79 Å². The van der Waals surface area contributed by atoms with Gasteiger partial charge in [0.15, 0.2) is 0 Å². The Balaban J connectivity index is 1.60. The molecule has 1 aliphatic rings. The second-order valence-corrected chi connectivity index (χ2v) is 6.26. The maximum atomic E-state index is 12.5. The van der Waals surface area contributed by atoms with E-state index in [1.807, 2.05) is 49.4 Å². The minimum atomic E-state index is -0.0750. The van der Waals surface area contributed by atoms with Crippen LogP contribution in [0.25, 0.3) is 6.08 Å². The van der Waals surface area contributed by atoms with Crippen molar-refractivity contribution in [2.75, 3.05) is 13.7 Å². The van der Waals surface area contributed by atoms with Crippen molar-refractivity contribution in [1.29, 1.82) is 0 Å². The van der Waals surface area contributed by atoms with Crippen LogP contribution < -0.4 is 14.8 Å². The van der Waals surface area contributed by atoms with Crippen molar-refractivity contribution in [3.05, 3.63) is 65.2 Å². The van der Waals surface area contributed by atoms with Crippen LogP contribution in [-0.2, 0) is 11.2 Å². The van der Waals surface area contributed by atoms with Gasteiger partial charge in [-0.25, -0.2) is 0 Å². The zero-order valence-corrected chi connectivity index (χ0v) is 14.6. The summed E-state index contributed by atoms with van der Waals surface area (Å²) in [5, 5.41) is 3.06. The summed E-state index contributed by atoms with van der Waals surface area (Å²) < 4.78 is 10.9. The average molecular weight is 337 g/mol. The Labute approximate surface area is 148 Å². The molecule has 1 amide bonds. The fourth-order valence-corrected chi connectivity index (χ4v) is 2.83. The van der Waals surface area contributed by atoms with Crippen LogP contribution >= 0.6 is 0 Å². The Bertz CT molecular complexity index is 768. The lowest BCUT2D eigenvalue weighted by Gasteiger charge is -2.20. The van der Waals surface area contributed by atoms with Crippen molar-refractivity contribution >= 4 is 12.0 Å². The summed E-state index contributed by atoms with van der Waals surface area (Å²) in [6.45, 7) is 2.32. The number of nitrogens with one attached hydrogen (secondary N) is 1. The standard InChI is InChI=1S/C21H23NO3/c1-15(8-9-16-6-4-3-5-7-16)22-21(23)18-12-17-13-19(24-2)10-11-20(17)25-14-18/h3-7,10-13,15H,8-9,14H2,1-2H3,(H,22,23). The van der Waals surface area contributed by atoms with Crippen molar-refractivity contribution < 1.29 is 14.3 Å². The lowest BCUT2D eigenvalue weighted by atomic mass is 10.0. The molecule has 0 spiro atoms. The molecular weight excluding hydrogens is 314 g/mol. The van der Waals surface area contributed by atoms with Crippen LogP contribution in [0.2, 0.25) is 0 Å². The Morgan fingerprint density at radius 1 is 1.24 bits per heavy atom. The van der Waals surface area contributed by atoms with E-state index in [0.717, 1.165) is 29.9 Å². The highest BCUT2D eigenvalue weighted by Gasteiger charge is 2.19. The molecule has 0 aliphatic carbocycles. The molecule has 1 unspecified atom stereocenters. The van der Waals surface area contributed by atoms with Gasteiger partial charge in [0.1, 0.15) is 18.1 Å². The molecule has 2 aromatic carbocycles. The molecule has 3 rings (SSSR count). The number of aryl methyl sites for hydroxylation is 1. The maximum absolute atomic E-state index is 12.5. The van der Waals surface area contributed by atoms with E-state index in [0.29, 0.717) is 5.57 Å². The van der Waals surface area contributed by atoms with E-state index in [1.165, 1.54) is 5.56 Å². The summed E-state index contributed by atoms with van der Waals surface area (Å²) in [6, 6.07) is 16.0. The molecule has 0 radical (unpaired) electrons. The highest BCUT2D eigenvalue weighted by atomic mass is 16.5. The molecule has 1 aliphatic heterocycles. The molecule has 0 aromatic heterocycles. The van der Waals surface area contributed by atoms with Crippen molar-refractivity contribution in [1.82, 2.24) is 5.32 Å².